The molecular weight excluding hydrogens is 500 g/mol. The molecule has 2 aromatic carbocycles. The molecule has 6 rings (SSSR count). The number of hydrogen-bond acceptors (Lipinski definition) is 6. The number of pyridine rings is 1. The molecule has 34 heavy (non-hydrogen) atoms. The van der Waals surface area contributed by atoms with Crippen molar-refractivity contribution in [3.8, 4) is 0 Å². The minimum absolute atomic E-state index is 0.00911. The van der Waals surface area contributed by atoms with E-state index in [1.54, 1.807) is 48.7 Å². The number of carbonyl (C=O) groups excluding carboxylic acids is 2. The van der Waals surface area contributed by atoms with Crippen molar-refractivity contribution in [1.29, 1.82) is 0 Å². The molecule has 0 saturated heterocycles. The molecule has 4 heterocycles. The first-order valence-corrected chi connectivity index (χ1v) is 11.2. The third kappa shape index (κ3) is 3.12. The molecule has 5 aromatic rings. The Hall–Kier alpha value is -4.24. The number of fused-ring (bicyclic) bond motifs is 2. The van der Waals surface area contributed by atoms with Gasteiger partial charge in [0.15, 0.2) is 11.5 Å². The van der Waals surface area contributed by atoms with Crippen molar-refractivity contribution in [2.24, 2.45) is 0 Å². The van der Waals surface area contributed by atoms with E-state index in [4.69, 9.17) is 4.42 Å². The smallest absolute Gasteiger partial charge is 0.296 e. The van der Waals surface area contributed by atoms with Crippen LogP contribution in [0.2, 0.25) is 0 Å². The van der Waals surface area contributed by atoms with Crippen molar-refractivity contribution in [2.45, 2.75) is 6.04 Å². The van der Waals surface area contributed by atoms with Crippen LogP contribution in [-0.2, 0) is 4.79 Å². The van der Waals surface area contributed by atoms with Crippen LogP contribution in [0.15, 0.2) is 93.1 Å². The summed E-state index contributed by atoms with van der Waals surface area (Å²) in [6.07, 6.45) is 1.56. The van der Waals surface area contributed by atoms with Gasteiger partial charge in [-0.05, 0) is 48.5 Å². The highest BCUT2D eigenvalue weighted by Gasteiger charge is 2.47. The van der Waals surface area contributed by atoms with Crippen LogP contribution < -0.4 is 4.90 Å². The van der Waals surface area contributed by atoms with Crippen molar-refractivity contribution in [3.63, 3.8) is 0 Å². The minimum atomic E-state index is -0.998. The lowest BCUT2D eigenvalue weighted by Gasteiger charge is -2.23. The maximum Gasteiger partial charge on any atom is 0.296 e. The van der Waals surface area contributed by atoms with Crippen molar-refractivity contribution in [3.05, 3.63) is 100 Å². The molecule has 0 bridgehead atoms. The Morgan fingerprint density at radius 2 is 1.91 bits per heavy atom. The number of Topliss-reactive ketones (excluding diaryl/α,β-unsaturated/α-hetero) is 1. The predicted molar refractivity (Wildman–Crippen MR) is 128 cm³/mol. The molecule has 0 spiro atoms. The Morgan fingerprint density at radius 3 is 2.71 bits per heavy atom. The van der Waals surface area contributed by atoms with E-state index in [0.717, 1.165) is 4.47 Å². The molecule has 3 aromatic heterocycles. The number of aliphatic hydroxyl groups excluding tert-OH is 1. The average molecular weight is 515 g/mol. The number of para-hydroxylation sites is 2. The van der Waals surface area contributed by atoms with Gasteiger partial charge < -0.3 is 14.5 Å². The number of nitrogens with zero attached hydrogens (tertiary/aromatic N) is 3. The van der Waals surface area contributed by atoms with E-state index >= 15 is 0 Å². The normalized spacial score (nSPS) is 16.2. The number of H-pyrrole nitrogens is 1. The second kappa shape index (κ2) is 7.67. The van der Waals surface area contributed by atoms with Gasteiger partial charge in [-0.2, -0.15) is 0 Å². The van der Waals surface area contributed by atoms with Gasteiger partial charge in [0, 0.05) is 16.1 Å². The van der Waals surface area contributed by atoms with Crippen molar-refractivity contribution in [1.82, 2.24) is 15.0 Å². The highest BCUT2D eigenvalue weighted by molar-refractivity contribution is 9.10. The van der Waals surface area contributed by atoms with E-state index in [0.29, 0.717) is 27.7 Å². The lowest BCUT2D eigenvalue weighted by atomic mass is 9.98. The van der Waals surface area contributed by atoms with Gasteiger partial charge >= 0.3 is 0 Å². The number of benzene rings is 2. The number of ketones is 1. The Bertz CT molecular complexity index is 1600. The van der Waals surface area contributed by atoms with E-state index < -0.39 is 23.5 Å². The van der Waals surface area contributed by atoms with Gasteiger partial charge in [0.1, 0.15) is 11.6 Å². The molecule has 1 amide bonds. The molecule has 1 atom stereocenters. The standard InChI is InChI=1S/C25H15BrN4O4/c26-14-8-9-18-13(11-14)12-19(34-18)22(31)20-21(17-7-3-4-10-27-17)30(24(33)23(20)32)25-28-15-5-1-2-6-16(15)29-25/h1-12,21,32H,(H,28,29). The number of halogens is 1. The van der Waals surface area contributed by atoms with Crippen LogP contribution in [0.5, 0.6) is 0 Å². The monoisotopic (exact) mass is 514 g/mol. The van der Waals surface area contributed by atoms with Crippen LogP contribution in [0.1, 0.15) is 22.3 Å². The zero-order valence-corrected chi connectivity index (χ0v) is 19.0. The summed E-state index contributed by atoms with van der Waals surface area (Å²) in [5, 5.41) is 11.6. The first kappa shape index (κ1) is 20.4. The average Bonchev–Trinajstić information content (AvgIpc) is 3.53. The number of furan rings is 1. The molecule has 0 radical (unpaired) electrons. The fraction of sp³-hybridized carbons (Fsp3) is 0.0400. The van der Waals surface area contributed by atoms with Crippen LogP contribution >= 0.6 is 15.9 Å². The van der Waals surface area contributed by atoms with Crippen LogP contribution in [0.3, 0.4) is 0 Å². The van der Waals surface area contributed by atoms with Crippen LogP contribution in [-0.4, -0.2) is 31.7 Å². The molecule has 2 N–H and O–H groups in total. The summed E-state index contributed by atoms with van der Waals surface area (Å²) in [6.45, 7) is 0. The maximum absolute atomic E-state index is 13.6. The highest BCUT2D eigenvalue weighted by Crippen LogP contribution is 2.41. The molecule has 1 aliphatic heterocycles. The molecule has 1 aliphatic rings. The quantitative estimate of drug-likeness (QED) is 0.316. The van der Waals surface area contributed by atoms with Gasteiger partial charge in [-0.1, -0.05) is 34.1 Å². The van der Waals surface area contributed by atoms with Gasteiger partial charge in [-0.15, -0.1) is 0 Å². The number of aromatic nitrogens is 3. The Kier molecular flexibility index (Phi) is 4.59. The van der Waals surface area contributed by atoms with Gasteiger partial charge in [0.2, 0.25) is 11.7 Å². The zero-order chi connectivity index (χ0) is 23.4. The van der Waals surface area contributed by atoms with Gasteiger partial charge in [0.25, 0.3) is 5.91 Å². The number of anilines is 1. The lowest BCUT2D eigenvalue weighted by molar-refractivity contribution is -0.117. The topological polar surface area (TPSA) is 112 Å². The molecule has 9 heteroatoms. The molecule has 8 nitrogen and oxygen atoms in total. The molecule has 0 aliphatic carbocycles. The van der Waals surface area contributed by atoms with Gasteiger partial charge in [-0.3, -0.25) is 19.5 Å². The van der Waals surface area contributed by atoms with E-state index in [-0.39, 0.29) is 17.3 Å². The van der Waals surface area contributed by atoms with E-state index in [2.05, 4.69) is 30.9 Å². The first-order valence-electron chi connectivity index (χ1n) is 10.4. The number of nitrogens with one attached hydrogen (secondary N) is 1. The summed E-state index contributed by atoms with van der Waals surface area (Å²) in [4.78, 5) is 40.1. The minimum Gasteiger partial charge on any atom is -0.503 e. The Morgan fingerprint density at radius 1 is 1.09 bits per heavy atom. The summed E-state index contributed by atoms with van der Waals surface area (Å²) < 4.78 is 6.60. The first-order chi connectivity index (χ1) is 16.5. The number of imidazole rings is 1. The lowest BCUT2D eigenvalue weighted by Crippen LogP contribution is -2.32. The number of aromatic amines is 1. The summed E-state index contributed by atoms with van der Waals surface area (Å²) in [5.74, 6) is -1.81. The molecule has 166 valence electrons. The zero-order valence-electron chi connectivity index (χ0n) is 17.4. The van der Waals surface area contributed by atoms with Gasteiger partial charge in [0.05, 0.1) is 22.3 Å². The fourth-order valence-electron chi connectivity index (χ4n) is 4.19. The summed E-state index contributed by atoms with van der Waals surface area (Å²) in [7, 11) is 0. The van der Waals surface area contributed by atoms with Crippen LogP contribution in [0, 0.1) is 0 Å². The maximum atomic E-state index is 13.6. The summed E-state index contributed by atoms with van der Waals surface area (Å²) in [5.41, 5.74) is 2.16. The van der Waals surface area contributed by atoms with Crippen LogP contribution in [0.25, 0.3) is 22.0 Å². The van der Waals surface area contributed by atoms with E-state index in [1.165, 1.54) is 4.90 Å². The molecule has 0 fully saturated rings. The number of aliphatic hydroxyl groups is 1. The number of amides is 1. The number of hydrogen-bond donors (Lipinski definition) is 2. The fourth-order valence-corrected chi connectivity index (χ4v) is 4.56. The SMILES string of the molecule is O=C(C1=C(O)C(=O)N(c2nc3ccccc3[nH]2)C1c1ccccn1)c1cc2cc(Br)ccc2o1. The number of carbonyl (C=O) groups is 2. The molecule has 0 saturated carbocycles. The van der Waals surface area contributed by atoms with Crippen molar-refractivity contribution < 1.29 is 19.1 Å². The third-order valence-corrected chi connectivity index (χ3v) is 6.22. The summed E-state index contributed by atoms with van der Waals surface area (Å²) >= 11 is 3.40. The van der Waals surface area contributed by atoms with E-state index in [9.17, 15) is 14.7 Å². The predicted octanol–water partition coefficient (Wildman–Crippen LogP) is 5.25. The second-order valence-electron chi connectivity index (χ2n) is 7.79. The molecular formula is C25H15BrN4O4. The second-order valence-corrected chi connectivity index (χ2v) is 8.71. The third-order valence-electron chi connectivity index (χ3n) is 5.73. The van der Waals surface area contributed by atoms with Crippen molar-refractivity contribution >= 4 is 55.6 Å². The van der Waals surface area contributed by atoms with Crippen LogP contribution in [0.4, 0.5) is 5.95 Å². The Labute approximate surface area is 200 Å². The van der Waals surface area contributed by atoms with Gasteiger partial charge in [-0.25, -0.2) is 4.98 Å². The highest BCUT2D eigenvalue weighted by atomic mass is 79.9. The Balaban J connectivity index is 1.50. The van der Waals surface area contributed by atoms with Crippen molar-refractivity contribution in [2.75, 3.05) is 4.90 Å². The largest absolute Gasteiger partial charge is 0.503 e. The number of rotatable bonds is 4. The summed E-state index contributed by atoms with van der Waals surface area (Å²) in [6, 6.07) is 18.4. The van der Waals surface area contributed by atoms with E-state index in [1.807, 2.05) is 24.3 Å². The molecule has 1 unspecified atom stereocenters.